The number of rotatable bonds is 9. The Kier molecular flexibility index (Phi) is 7.35. The summed E-state index contributed by atoms with van der Waals surface area (Å²) in [5.41, 5.74) is 0. The van der Waals surface area contributed by atoms with Crippen LogP contribution in [0.2, 0.25) is 0 Å². The number of halogens is 17. The van der Waals surface area contributed by atoms with Gasteiger partial charge in [-0.05, 0) is 20.3 Å². The van der Waals surface area contributed by atoms with Crippen molar-refractivity contribution < 1.29 is 84.1 Å². The van der Waals surface area contributed by atoms with Gasteiger partial charge in [-0.15, -0.1) is 0 Å². The van der Waals surface area contributed by atoms with Crippen molar-refractivity contribution in [3.63, 3.8) is 0 Å². The Morgan fingerprint density at radius 2 is 0.941 bits per heavy atom. The van der Waals surface area contributed by atoms with E-state index in [9.17, 15) is 74.6 Å². The zero-order chi connectivity index (χ0) is 27.6. The normalized spacial score (nSPS) is 21.8. The molecule has 1 fully saturated rings. The summed E-state index contributed by atoms with van der Waals surface area (Å²) in [6.07, 6.45) is -13.2. The Bertz CT molecular complexity index is 740. The van der Waals surface area contributed by atoms with Gasteiger partial charge in [0.25, 0.3) is 0 Å². The van der Waals surface area contributed by atoms with Crippen LogP contribution in [0.15, 0.2) is 0 Å². The van der Waals surface area contributed by atoms with Gasteiger partial charge in [0.05, 0.1) is 12.7 Å². The molecule has 1 aliphatic heterocycles. The van der Waals surface area contributed by atoms with Gasteiger partial charge in [0.1, 0.15) is 0 Å². The third kappa shape index (κ3) is 4.38. The van der Waals surface area contributed by atoms with Crippen molar-refractivity contribution in [2.45, 2.75) is 86.2 Å². The molecule has 1 atom stereocenters. The predicted molar refractivity (Wildman–Crippen MR) is 74.8 cm³/mol. The van der Waals surface area contributed by atoms with Crippen LogP contribution in [0.5, 0.6) is 0 Å². The van der Waals surface area contributed by atoms with Gasteiger partial charge in [-0.2, -0.15) is 74.6 Å². The van der Waals surface area contributed by atoms with E-state index in [2.05, 4.69) is 0 Å². The number of alkyl halides is 17. The van der Waals surface area contributed by atoms with Crippen LogP contribution in [0.4, 0.5) is 74.6 Å². The Balaban J connectivity index is 3.37. The van der Waals surface area contributed by atoms with E-state index < -0.39 is 79.0 Å². The largest absolute Gasteiger partial charge is 0.460 e. The highest BCUT2D eigenvalue weighted by Crippen LogP contribution is 2.64. The molecule has 0 aromatic rings. The summed E-state index contributed by atoms with van der Waals surface area (Å²) in [5, 5.41) is 0. The van der Waals surface area contributed by atoms with Crippen LogP contribution in [0, 0.1) is 0 Å². The van der Waals surface area contributed by atoms with E-state index in [0.29, 0.717) is 0 Å². The molecule has 0 radical (unpaired) electrons. The zero-order valence-electron chi connectivity index (χ0n) is 16.4. The summed E-state index contributed by atoms with van der Waals surface area (Å²) >= 11 is 0. The molecule has 19 heteroatoms. The summed E-state index contributed by atoms with van der Waals surface area (Å²) in [6, 6.07) is 0. The van der Waals surface area contributed by atoms with E-state index in [-0.39, 0.29) is 0 Å². The Morgan fingerprint density at radius 3 is 1.26 bits per heavy atom. The zero-order valence-corrected chi connectivity index (χ0v) is 16.4. The quantitative estimate of drug-likeness (QED) is 0.291. The molecule has 1 saturated heterocycles. The van der Waals surface area contributed by atoms with Crippen molar-refractivity contribution in [3.8, 4) is 0 Å². The minimum absolute atomic E-state index is 0.613. The molecule has 0 aliphatic carbocycles. The summed E-state index contributed by atoms with van der Waals surface area (Å²) in [6.45, 7) is 1.74. The average molecular weight is 548 g/mol. The van der Waals surface area contributed by atoms with E-state index in [1.165, 1.54) is 13.8 Å². The van der Waals surface area contributed by atoms with Gasteiger partial charge in [0.2, 0.25) is 0 Å². The van der Waals surface area contributed by atoms with Gasteiger partial charge in [-0.25, -0.2) is 0 Å². The molecule has 0 saturated carbocycles. The third-order valence-corrected chi connectivity index (χ3v) is 4.63. The predicted octanol–water partition coefficient (Wildman–Crippen LogP) is 6.93. The molecule has 1 unspecified atom stereocenters. The molecular weight excluding hydrogens is 535 g/mol. The molecule has 1 aliphatic rings. The number of ether oxygens (including phenoxy) is 2. The van der Waals surface area contributed by atoms with Crippen molar-refractivity contribution in [2.24, 2.45) is 0 Å². The molecule has 204 valence electrons. The van der Waals surface area contributed by atoms with Crippen LogP contribution in [0.3, 0.4) is 0 Å². The van der Waals surface area contributed by atoms with Gasteiger partial charge < -0.3 is 9.47 Å². The molecule has 1 rings (SSSR count). The first kappa shape index (κ1) is 30.8. The highest BCUT2D eigenvalue weighted by atomic mass is 19.4. The molecule has 0 bridgehead atoms. The fourth-order valence-corrected chi connectivity index (χ4v) is 2.60. The minimum atomic E-state index is -8.62. The molecule has 1 heterocycles. The summed E-state index contributed by atoms with van der Waals surface area (Å²) < 4.78 is 233. The lowest BCUT2D eigenvalue weighted by atomic mass is 9.87. The van der Waals surface area contributed by atoms with Crippen LogP contribution in [0.1, 0.15) is 26.7 Å². The van der Waals surface area contributed by atoms with E-state index in [1.54, 1.807) is 0 Å². The van der Waals surface area contributed by atoms with E-state index in [0.717, 1.165) is 0 Å². The monoisotopic (exact) mass is 548 g/mol. The first-order valence-electron chi connectivity index (χ1n) is 8.57. The SMILES string of the molecule is CC1(C)OCC(CCC(F)(F)C(F)(F)C(F)(F)C(F)(F)C(F)(F)C(F)(F)C(F)(F)C(F)(F)F)O1. The summed E-state index contributed by atoms with van der Waals surface area (Å²) in [5.74, 6) is -57.7. The van der Waals surface area contributed by atoms with Gasteiger partial charge in [0.15, 0.2) is 5.79 Å². The standard InChI is InChI=1S/C15H13F17O2/c1-7(2)33-5-6(34-7)3-4-8(16,17)9(18,19)10(20,21)11(22,23)12(24,25)13(26,27)14(28,29)15(30,31)32/h6H,3-5H2,1-2H3. The first-order chi connectivity index (χ1) is 14.5. The number of hydrogen-bond acceptors (Lipinski definition) is 2. The second-order valence-corrected chi connectivity index (χ2v) is 7.64. The Hall–Kier alpha value is -1.27. The smallest absolute Gasteiger partial charge is 0.348 e. The fraction of sp³-hybridized carbons (Fsp3) is 1.00. The molecular formula is C15H13F17O2. The second kappa shape index (κ2) is 8.12. The van der Waals surface area contributed by atoms with E-state index in [4.69, 9.17) is 9.47 Å². The van der Waals surface area contributed by atoms with Crippen LogP contribution < -0.4 is 0 Å². The molecule has 0 N–H and O–H groups in total. The highest BCUT2D eigenvalue weighted by Gasteiger charge is 2.95. The van der Waals surface area contributed by atoms with Crippen LogP contribution in [0.25, 0.3) is 0 Å². The maximum Gasteiger partial charge on any atom is 0.460 e. The lowest BCUT2D eigenvalue weighted by molar-refractivity contribution is -0.461. The number of hydrogen-bond donors (Lipinski definition) is 0. The Morgan fingerprint density at radius 1 is 0.588 bits per heavy atom. The van der Waals surface area contributed by atoms with E-state index >= 15 is 0 Å². The van der Waals surface area contributed by atoms with Crippen molar-refractivity contribution in [2.75, 3.05) is 6.61 Å². The maximum atomic E-state index is 13.8. The summed E-state index contributed by atoms with van der Waals surface area (Å²) in [4.78, 5) is 0. The fourth-order valence-electron chi connectivity index (χ4n) is 2.60. The first-order valence-corrected chi connectivity index (χ1v) is 8.57. The lowest BCUT2D eigenvalue weighted by Gasteiger charge is -2.42. The van der Waals surface area contributed by atoms with Gasteiger partial charge in [-0.1, -0.05) is 0 Å². The second-order valence-electron chi connectivity index (χ2n) is 7.64. The van der Waals surface area contributed by atoms with Crippen LogP contribution in [-0.4, -0.2) is 66.1 Å². The molecule has 0 aromatic carbocycles. The average Bonchev–Trinajstić information content (AvgIpc) is 2.97. The van der Waals surface area contributed by atoms with E-state index in [1.807, 2.05) is 0 Å². The van der Waals surface area contributed by atoms with Crippen molar-refractivity contribution >= 4 is 0 Å². The van der Waals surface area contributed by atoms with Gasteiger partial charge in [0, 0.05) is 6.42 Å². The minimum Gasteiger partial charge on any atom is -0.348 e. The van der Waals surface area contributed by atoms with Gasteiger partial charge in [-0.3, -0.25) is 0 Å². The van der Waals surface area contributed by atoms with Crippen molar-refractivity contribution in [3.05, 3.63) is 0 Å². The molecule has 2 nitrogen and oxygen atoms in total. The molecule has 0 spiro atoms. The van der Waals surface area contributed by atoms with Crippen molar-refractivity contribution in [1.82, 2.24) is 0 Å². The van der Waals surface area contributed by atoms with Crippen LogP contribution in [-0.2, 0) is 9.47 Å². The summed E-state index contributed by atoms with van der Waals surface area (Å²) in [7, 11) is 0. The maximum absolute atomic E-state index is 13.8. The van der Waals surface area contributed by atoms with Crippen molar-refractivity contribution in [1.29, 1.82) is 0 Å². The lowest BCUT2D eigenvalue weighted by Crippen LogP contribution is -2.74. The highest BCUT2D eigenvalue weighted by molar-refractivity contribution is 5.15. The molecule has 0 aromatic heterocycles. The topological polar surface area (TPSA) is 18.5 Å². The third-order valence-electron chi connectivity index (χ3n) is 4.63. The molecule has 0 amide bonds. The van der Waals surface area contributed by atoms with Crippen LogP contribution >= 0.6 is 0 Å². The Labute approximate surface area is 178 Å². The molecule has 34 heavy (non-hydrogen) atoms. The van der Waals surface area contributed by atoms with Gasteiger partial charge >= 0.3 is 47.6 Å².